The molecule has 0 bridgehead atoms. The average Bonchev–Trinajstić information content (AvgIpc) is 2.74. The molecule has 156 valence electrons. The molecule has 0 saturated carbocycles. The van der Waals surface area contributed by atoms with Crippen LogP contribution in [0.3, 0.4) is 0 Å². The topological polar surface area (TPSA) is 41.6 Å². The monoisotopic (exact) mass is 422 g/mol. The van der Waals surface area contributed by atoms with Crippen molar-refractivity contribution in [3.05, 3.63) is 29.8 Å². The van der Waals surface area contributed by atoms with Gasteiger partial charge in [0.25, 0.3) is 5.91 Å². The van der Waals surface area contributed by atoms with E-state index < -0.39 is 0 Å². The maximum atomic E-state index is 12.0. The molecule has 0 atom stereocenters. The minimum atomic E-state index is -0.0331. The number of thioether (sulfide) groups is 2. The normalized spacial score (nSPS) is 19.5. The van der Waals surface area contributed by atoms with Gasteiger partial charge in [0.05, 0.1) is 4.58 Å². The number of carbonyl (C=O) groups excluding carboxylic acids is 1. The first-order valence-corrected chi connectivity index (χ1v) is 12.8. The number of rotatable bonds is 9. The largest absolute Gasteiger partial charge is 0.484 e. The Kier molecular flexibility index (Phi) is 9.35. The fourth-order valence-corrected chi connectivity index (χ4v) is 6.47. The summed E-state index contributed by atoms with van der Waals surface area (Å²) >= 11 is 4.03. The fourth-order valence-electron chi connectivity index (χ4n) is 3.58. The Bertz CT molecular complexity index is 583. The van der Waals surface area contributed by atoms with Gasteiger partial charge in [0.1, 0.15) is 5.75 Å². The molecule has 0 aromatic heterocycles. The van der Waals surface area contributed by atoms with Gasteiger partial charge in [0, 0.05) is 6.54 Å². The van der Waals surface area contributed by atoms with Gasteiger partial charge in [-0.05, 0) is 86.9 Å². The third-order valence-electron chi connectivity index (χ3n) is 5.45. The summed E-state index contributed by atoms with van der Waals surface area (Å²) in [5.41, 5.74) is 1.34. The number of carbonyl (C=O) groups is 1. The van der Waals surface area contributed by atoms with Crippen molar-refractivity contribution >= 4 is 29.4 Å². The third-order valence-corrected chi connectivity index (χ3v) is 8.46. The molecule has 1 N–H and O–H groups in total. The van der Waals surface area contributed by atoms with Gasteiger partial charge in [-0.1, -0.05) is 19.1 Å². The Balaban J connectivity index is 1.25. The van der Waals surface area contributed by atoms with Crippen molar-refractivity contribution < 1.29 is 9.53 Å². The third kappa shape index (κ3) is 7.53. The Morgan fingerprint density at radius 1 is 1.14 bits per heavy atom. The van der Waals surface area contributed by atoms with Gasteiger partial charge in [0.2, 0.25) is 0 Å². The van der Waals surface area contributed by atoms with Gasteiger partial charge in [-0.3, -0.25) is 4.79 Å². The van der Waals surface area contributed by atoms with E-state index in [9.17, 15) is 4.79 Å². The van der Waals surface area contributed by atoms with Crippen LogP contribution in [0.1, 0.15) is 49.2 Å². The lowest BCUT2D eigenvalue weighted by atomic mass is 9.99. The first-order chi connectivity index (χ1) is 13.7. The summed E-state index contributed by atoms with van der Waals surface area (Å²) < 4.78 is 6.18. The number of unbranched alkanes of at least 4 members (excludes halogenated alkanes) is 1. The van der Waals surface area contributed by atoms with Crippen molar-refractivity contribution in [2.75, 3.05) is 44.3 Å². The fraction of sp³-hybridized carbons (Fsp3) is 0.682. The molecule has 28 heavy (non-hydrogen) atoms. The summed E-state index contributed by atoms with van der Waals surface area (Å²) in [5.74, 6) is 4.11. The summed E-state index contributed by atoms with van der Waals surface area (Å²) in [6.45, 7) is 6.80. The lowest BCUT2D eigenvalue weighted by Crippen LogP contribution is -2.34. The summed E-state index contributed by atoms with van der Waals surface area (Å²) in [4.78, 5) is 14.5. The molecular weight excluding hydrogens is 388 g/mol. The van der Waals surface area contributed by atoms with Crippen LogP contribution < -0.4 is 10.1 Å². The Morgan fingerprint density at radius 2 is 1.86 bits per heavy atom. The van der Waals surface area contributed by atoms with Gasteiger partial charge in [-0.2, -0.15) is 0 Å². The highest BCUT2D eigenvalue weighted by Crippen LogP contribution is 2.43. The number of benzene rings is 1. The molecule has 0 aliphatic carbocycles. The van der Waals surface area contributed by atoms with E-state index in [1.54, 1.807) is 0 Å². The minimum Gasteiger partial charge on any atom is -0.484 e. The van der Waals surface area contributed by atoms with E-state index in [0.717, 1.165) is 37.6 Å². The first-order valence-electron chi connectivity index (χ1n) is 10.7. The number of nitrogens with one attached hydrogen (secondary N) is 1. The van der Waals surface area contributed by atoms with Crippen LogP contribution >= 0.6 is 23.5 Å². The minimum absolute atomic E-state index is 0.0331. The second kappa shape index (κ2) is 12.0. The number of likely N-dealkylation sites (tertiary alicyclic amines) is 1. The van der Waals surface area contributed by atoms with E-state index in [1.807, 2.05) is 35.7 Å². The van der Waals surface area contributed by atoms with Gasteiger partial charge in [-0.15, -0.1) is 23.5 Å². The Labute approximate surface area is 178 Å². The van der Waals surface area contributed by atoms with Crippen molar-refractivity contribution in [1.29, 1.82) is 0 Å². The van der Waals surface area contributed by atoms with Crippen LogP contribution in [0.4, 0.5) is 0 Å². The quantitative estimate of drug-likeness (QED) is 0.591. The highest BCUT2D eigenvalue weighted by molar-refractivity contribution is 8.16. The molecule has 0 unspecified atom stereocenters. The van der Waals surface area contributed by atoms with Crippen LogP contribution in [-0.2, 0) is 4.79 Å². The molecule has 2 saturated heterocycles. The van der Waals surface area contributed by atoms with Crippen molar-refractivity contribution in [2.45, 2.75) is 43.6 Å². The van der Waals surface area contributed by atoms with Crippen molar-refractivity contribution in [3.8, 4) is 5.75 Å². The van der Waals surface area contributed by atoms with Gasteiger partial charge in [0.15, 0.2) is 6.61 Å². The van der Waals surface area contributed by atoms with Crippen LogP contribution in [0.2, 0.25) is 0 Å². The molecule has 2 aliphatic heterocycles. The molecule has 2 heterocycles. The van der Waals surface area contributed by atoms with Crippen LogP contribution in [0.15, 0.2) is 24.3 Å². The summed E-state index contributed by atoms with van der Waals surface area (Å²) in [6.07, 6.45) is 6.14. The number of hydrogen-bond acceptors (Lipinski definition) is 5. The maximum Gasteiger partial charge on any atom is 0.257 e. The van der Waals surface area contributed by atoms with E-state index in [4.69, 9.17) is 4.74 Å². The number of piperidine rings is 1. The molecule has 2 aliphatic rings. The number of amides is 1. The predicted molar refractivity (Wildman–Crippen MR) is 121 cm³/mol. The number of nitrogens with zero attached hydrogens (tertiary/aromatic N) is 1. The molecule has 3 rings (SSSR count). The van der Waals surface area contributed by atoms with Crippen LogP contribution in [0.5, 0.6) is 5.75 Å². The molecule has 4 nitrogen and oxygen atoms in total. The Hall–Kier alpha value is -0.850. The molecular formula is C22H34N2O2S2. The van der Waals surface area contributed by atoms with E-state index in [0.29, 0.717) is 4.58 Å². The van der Waals surface area contributed by atoms with Gasteiger partial charge in [-0.25, -0.2) is 0 Å². The number of ether oxygens (including phenoxy) is 1. The zero-order chi connectivity index (χ0) is 19.6. The zero-order valence-corrected chi connectivity index (χ0v) is 18.7. The van der Waals surface area contributed by atoms with E-state index >= 15 is 0 Å². The standard InChI is InChI=1S/C22H34N2O2S2/c1-18-9-13-24(14-10-18)12-3-2-11-23-21(25)17-26-20-7-5-19(6-8-20)22-27-15-4-16-28-22/h5-8,18,22H,2-4,9-17H2,1H3,(H,23,25). The SMILES string of the molecule is CC1CCN(CCCCNC(=O)COc2ccc(C3SCCCS3)cc2)CC1. The molecule has 6 heteroatoms. The number of hydrogen-bond donors (Lipinski definition) is 1. The first kappa shape index (κ1) is 21.8. The van der Waals surface area contributed by atoms with E-state index in [-0.39, 0.29) is 12.5 Å². The highest BCUT2D eigenvalue weighted by Gasteiger charge is 2.16. The van der Waals surface area contributed by atoms with Crippen LogP contribution in [0.25, 0.3) is 0 Å². The zero-order valence-electron chi connectivity index (χ0n) is 17.0. The van der Waals surface area contributed by atoms with Crippen molar-refractivity contribution in [1.82, 2.24) is 10.2 Å². The molecule has 1 aromatic rings. The van der Waals surface area contributed by atoms with Gasteiger partial charge < -0.3 is 15.0 Å². The molecule has 2 fully saturated rings. The average molecular weight is 423 g/mol. The maximum absolute atomic E-state index is 12.0. The summed E-state index contributed by atoms with van der Waals surface area (Å²) in [5, 5.41) is 2.97. The molecule has 0 spiro atoms. The molecule has 1 aromatic carbocycles. The predicted octanol–water partition coefficient (Wildman–Crippen LogP) is 4.56. The van der Waals surface area contributed by atoms with E-state index in [1.165, 1.54) is 49.4 Å². The lowest BCUT2D eigenvalue weighted by Gasteiger charge is -2.30. The molecule has 0 radical (unpaired) electrons. The second-order valence-electron chi connectivity index (χ2n) is 7.87. The van der Waals surface area contributed by atoms with Gasteiger partial charge >= 0.3 is 0 Å². The van der Waals surface area contributed by atoms with Crippen molar-refractivity contribution in [3.63, 3.8) is 0 Å². The van der Waals surface area contributed by atoms with E-state index in [2.05, 4.69) is 29.3 Å². The lowest BCUT2D eigenvalue weighted by molar-refractivity contribution is -0.123. The molecule has 1 amide bonds. The van der Waals surface area contributed by atoms with Crippen LogP contribution in [0, 0.1) is 5.92 Å². The smallest absolute Gasteiger partial charge is 0.257 e. The summed E-state index contributed by atoms with van der Waals surface area (Å²) in [6, 6.07) is 8.23. The van der Waals surface area contributed by atoms with Crippen LogP contribution in [-0.4, -0.2) is 55.1 Å². The second-order valence-corrected chi connectivity index (χ2v) is 10.6. The summed E-state index contributed by atoms with van der Waals surface area (Å²) in [7, 11) is 0. The Morgan fingerprint density at radius 3 is 2.57 bits per heavy atom. The highest BCUT2D eigenvalue weighted by atomic mass is 32.2. The van der Waals surface area contributed by atoms with Crippen molar-refractivity contribution in [2.24, 2.45) is 5.92 Å².